The Balaban J connectivity index is 1.84. The fourth-order valence-corrected chi connectivity index (χ4v) is 4.63. The normalized spacial score (nSPS) is 17.6. The van der Waals surface area contributed by atoms with Crippen molar-refractivity contribution in [2.45, 2.75) is 83.7 Å². The summed E-state index contributed by atoms with van der Waals surface area (Å²) in [6.07, 6.45) is 5.03. The number of hydrogen-bond acceptors (Lipinski definition) is 6. The summed E-state index contributed by atoms with van der Waals surface area (Å²) < 4.78 is 30.2. The van der Waals surface area contributed by atoms with E-state index in [1.54, 1.807) is 25.1 Å². The molecule has 2 N–H and O–H groups in total. The van der Waals surface area contributed by atoms with Gasteiger partial charge in [-0.05, 0) is 78.5 Å². The Labute approximate surface area is 225 Å². The zero-order valence-electron chi connectivity index (χ0n) is 22.7. The quantitative estimate of drug-likeness (QED) is 0.321. The number of aliphatic hydroxyl groups excluding tert-OH is 2. The molecule has 6 nitrogen and oxygen atoms in total. The van der Waals surface area contributed by atoms with Gasteiger partial charge in [-0.2, -0.15) is 0 Å². The second-order valence-corrected chi connectivity index (χ2v) is 10.0. The van der Waals surface area contributed by atoms with Crippen LogP contribution in [-0.4, -0.2) is 54.5 Å². The minimum absolute atomic E-state index is 0.0108. The minimum Gasteiger partial charge on any atom is -0.466 e. The Kier molecular flexibility index (Phi) is 11.9. The molecule has 0 saturated carbocycles. The summed E-state index contributed by atoms with van der Waals surface area (Å²) in [6, 6.07) is 10.6. The van der Waals surface area contributed by atoms with Crippen LogP contribution in [-0.2, 0) is 25.4 Å². The zero-order chi connectivity index (χ0) is 27.5. The van der Waals surface area contributed by atoms with Crippen LogP contribution in [0.2, 0.25) is 0 Å². The van der Waals surface area contributed by atoms with Gasteiger partial charge in [0.15, 0.2) is 6.29 Å². The maximum Gasteiger partial charge on any atom is 0.308 e. The molecule has 7 heteroatoms. The minimum atomic E-state index is -1.01. The maximum absolute atomic E-state index is 13.7. The molecule has 0 aromatic heterocycles. The lowest BCUT2D eigenvalue weighted by molar-refractivity contribution is -0.161. The number of benzene rings is 2. The van der Waals surface area contributed by atoms with Crippen LogP contribution in [0.15, 0.2) is 42.5 Å². The van der Waals surface area contributed by atoms with E-state index in [4.69, 9.17) is 14.2 Å². The van der Waals surface area contributed by atoms with Crippen molar-refractivity contribution >= 4 is 12.0 Å². The van der Waals surface area contributed by atoms with E-state index in [1.165, 1.54) is 12.1 Å². The Morgan fingerprint density at radius 2 is 1.95 bits per heavy atom. The lowest BCUT2D eigenvalue weighted by Gasteiger charge is -2.23. The highest BCUT2D eigenvalue weighted by molar-refractivity contribution is 5.78. The molecular formula is C31H41FO6. The summed E-state index contributed by atoms with van der Waals surface area (Å²) in [6.45, 7) is 7.44. The van der Waals surface area contributed by atoms with Crippen molar-refractivity contribution in [2.75, 3.05) is 19.8 Å². The molecule has 0 bridgehead atoms. The average Bonchev–Trinajstić information content (AvgIpc) is 2.88. The van der Waals surface area contributed by atoms with Crippen LogP contribution >= 0.6 is 0 Å². The van der Waals surface area contributed by atoms with E-state index in [0.29, 0.717) is 13.0 Å². The molecule has 1 saturated heterocycles. The standard InChI is InChI=1S/C31H41FO6/c1-4-36-30(35)20-26(34)19-25(33)12-13-27-28(21(2)3)17-22(14-16-38-31-7-5-6-15-37-31)18-29(27)23-8-10-24(32)11-9-23/h8-13,17-18,21,25-26,31,33-34H,4-7,14-16,19-20H2,1-3H3. The summed E-state index contributed by atoms with van der Waals surface area (Å²) in [7, 11) is 0. The average molecular weight is 529 g/mol. The van der Waals surface area contributed by atoms with Crippen LogP contribution in [0.1, 0.15) is 75.5 Å². The number of esters is 1. The monoisotopic (exact) mass is 528 g/mol. The molecule has 1 fully saturated rings. The van der Waals surface area contributed by atoms with E-state index in [-0.39, 0.29) is 37.5 Å². The topological polar surface area (TPSA) is 85.2 Å². The predicted octanol–water partition coefficient (Wildman–Crippen LogP) is 5.78. The van der Waals surface area contributed by atoms with Crippen LogP contribution in [0.5, 0.6) is 0 Å². The van der Waals surface area contributed by atoms with Gasteiger partial charge in [-0.1, -0.05) is 50.3 Å². The summed E-state index contributed by atoms with van der Waals surface area (Å²) in [5, 5.41) is 20.7. The predicted molar refractivity (Wildman–Crippen MR) is 146 cm³/mol. The van der Waals surface area contributed by atoms with E-state index in [2.05, 4.69) is 26.0 Å². The van der Waals surface area contributed by atoms with Gasteiger partial charge in [0.2, 0.25) is 0 Å². The number of rotatable bonds is 13. The van der Waals surface area contributed by atoms with Crippen LogP contribution in [0.3, 0.4) is 0 Å². The Hall–Kier alpha value is -2.58. The third-order valence-corrected chi connectivity index (χ3v) is 6.59. The Morgan fingerprint density at radius 3 is 2.61 bits per heavy atom. The van der Waals surface area contributed by atoms with Gasteiger partial charge < -0.3 is 24.4 Å². The molecule has 2 aromatic rings. The first-order valence-electron chi connectivity index (χ1n) is 13.6. The van der Waals surface area contributed by atoms with Gasteiger partial charge in [0.1, 0.15) is 5.82 Å². The molecule has 208 valence electrons. The van der Waals surface area contributed by atoms with Gasteiger partial charge in [0.25, 0.3) is 0 Å². The van der Waals surface area contributed by atoms with E-state index >= 15 is 0 Å². The number of carbonyl (C=O) groups is 1. The van der Waals surface area contributed by atoms with Crippen molar-refractivity contribution < 1.29 is 33.6 Å². The van der Waals surface area contributed by atoms with E-state index in [9.17, 15) is 19.4 Å². The van der Waals surface area contributed by atoms with Crippen LogP contribution in [0, 0.1) is 5.82 Å². The molecule has 1 aliphatic heterocycles. The van der Waals surface area contributed by atoms with Gasteiger partial charge in [-0.15, -0.1) is 0 Å². The molecule has 0 spiro atoms. The van der Waals surface area contributed by atoms with E-state index in [0.717, 1.165) is 53.7 Å². The van der Waals surface area contributed by atoms with Crippen molar-refractivity contribution in [3.8, 4) is 11.1 Å². The SMILES string of the molecule is CCOC(=O)CC(O)CC(O)C=Cc1c(-c2ccc(F)cc2)cc(CCOC2CCCCO2)cc1C(C)C. The second-order valence-electron chi connectivity index (χ2n) is 10.0. The van der Waals surface area contributed by atoms with Gasteiger partial charge in [-0.3, -0.25) is 4.79 Å². The zero-order valence-corrected chi connectivity index (χ0v) is 22.7. The van der Waals surface area contributed by atoms with Gasteiger partial charge >= 0.3 is 5.97 Å². The Bertz CT molecular complexity index is 1040. The number of ether oxygens (including phenoxy) is 3. The van der Waals surface area contributed by atoms with Crippen LogP contribution in [0.25, 0.3) is 17.2 Å². The molecule has 3 rings (SSSR count). The third-order valence-electron chi connectivity index (χ3n) is 6.59. The molecule has 38 heavy (non-hydrogen) atoms. The van der Waals surface area contributed by atoms with Crippen LogP contribution < -0.4 is 0 Å². The van der Waals surface area contributed by atoms with Crippen molar-refractivity contribution in [1.29, 1.82) is 0 Å². The lowest BCUT2D eigenvalue weighted by Crippen LogP contribution is -2.23. The highest BCUT2D eigenvalue weighted by atomic mass is 19.1. The van der Waals surface area contributed by atoms with Gasteiger partial charge in [0, 0.05) is 13.0 Å². The molecule has 0 radical (unpaired) electrons. The number of carbonyl (C=O) groups excluding carboxylic acids is 1. The largest absolute Gasteiger partial charge is 0.466 e. The summed E-state index contributed by atoms with van der Waals surface area (Å²) in [5.41, 5.74) is 4.90. The molecule has 0 amide bonds. The number of aliphatic hydroxyl groups is 2. The molecule has 3 unspecified atom stereocenters. The fourth-order valence-electron chi connectivity index (χ4n) is 4.63. The van der Waals surface area contributed by atoms with E-state index < -0.39 is 18.2 Å². The molecule has 1 heterocycles. The summed E-state index contributed by atoms with van der Waals surface area (Å²) in [4.78, 5) is 11.6. The van der Waals surface area contributed by atoms with Crippen molar-refractivity contribution in [3.63, 3.8) is 0 Å². The first kappa shape index (κ1) is 30.0. The smallest absolute Gasteiger partial charge is 0.308 e. The summed E-state index contributed by atoms with van der Waals surface area (Å²) >= 11 is 0. The third kappa shape index (κ3) is 9.31. The van der Waals surface area contributed by atoms with Crippen molar-refractivity contribution in [1.82, 2.24) is 0 Å². The summed E-state index contributed by atoms with van der Waals surface area (Å²) in [5.74, 6) is -0.618. The molecule has 1 aliphatic rings. The van der Waals surface area contributed by atoms with E-state index in [1.807, 2.05) is 6.08 Å². The number of hydrogen-bond donors (Lipinski definition) is 2. The van der Waals surface area contributed by atoms with Crippen molar-refractivity contribution in [2.24, 2.45) is 0 Å². The van der Waals surface area contributed by atoms with Crippen molar-refractivity contribution in [3.05, 3.63) is 65.0 Å². The Morgan fingerprint density at radius 1 is 1.18 bits per heavy atom. The first-order chi connectivity index (χ1) is 18.3. The highest BCUT2D eigenvalue weighted by Crippen LogP contribution is 2.34. The molecule has 2 aromatic carbocycles. The molecule has 3 atom stereocenters. The van der Waals surface area contributed by atoms with Gasteiger partial charge in [-0.25, -0.2) is 4.39 Å². The lowest BCUT2D eigenvalue weighted by atomic mass is 9.87. The van der Waals surface area contributed by atoms with Gasteiger partial charge in [0.05, 0.1) is 31.8 Å². The molecular weight excluding hydrogens is 487 g/mol. The highest BCUT2D eigenvalue weighted by Gasteiger charge is 2.18. The maximum atomic E-state index is 13.7. The first-order valence-corrected chi connectivity index (χ1v) is 13.6. The molecule has 0 aliphatic carbocycles. The second kappa shape index (κ2) is 15.1. The fraction of sp³-hybridized carbons (Fsp3) is 0.516. The number of halogens is 1. The van der Waals surface area contributed by atoms with Crippen LogP contribution in [0.4, 0.5) is 4.39 Å².